The SMILES string of the molecule is [CH2]C(C=C)c1cc(OC)cc([N+](=O)[O-])c1. The minimum Gasteiger partial charge on any atom is -0.496 e. The minimum absolute atomic E-state index is 0.000139. The molecule has 1 rings (SSSR count). The molecule has 1 radical (unpaired) electrons. The molecular weight excluding hydrogens is 194 g/mol. The first-order valence-electron chi connectivity index (χ1n) is 4.37. The van der Waals surface area contributed by atoms with Crippen LogP contribution in [-0.4, -0.2) is 12.0 Å². The number of ether oxygens (including phenoxy) is 1. The lowest BCUT2D eigenvalue weighted by atomic mass is 10.0. The van der Waals surface area contributed by atoms with E-state index in [0.29, 0.717) is 5.75 Å². The van der Waals surface area contributed by atoms with E-state index < -0.39 is 4.92 Å². The normalized spacial score (nSPS) is 11.9. The second-order valence-corrected chi connectivity index (χ2v) is 3.06. The fourth-order valence-corrected chi connectivity index (χ4v) is 1.18. The molecule has 0 heterocycles. The topological polar surface area (TPSA) is 52.4 Å². The van der Waals surface area contributed by atoms with Crippen LogP contribution in [0, 0.1) is 17.0 Å². The van der Waals surface area contributed by atoms with E-state index in [0.717, 1.165) is 5.56 Å². The van der Waals surface area contributed by atoms with Gasteiger partial charge in [0.05, 0.1) is 18.1 Å². The largest absolute Gasteiger partial charge is 0.496 e. The van der Waals surface area contributed by atoms with Crippen LogP contribution >= 0.6 is 0 Å². The van der Waals surface area contributed by atoms with Crippen LogP contribution in [0.15, 0.2) is 30.9 Å². The van der Waals surface area contributed by atoms with Crippen molar-refractivity contribution in [1.29, 1.82) is 0 Å². The van der Waals surface area contributed by atoms with Gasteiger partial charge in [0.25, 0.3) is 5.69 Å². The number of rotatable bonds is 4. The molecule has 0 aromatic heterocycles. The summed E-state index contributed by atoms with van der Waals surface area (Å²) in [6.45, 7) is 7.40. The summed E-state index contributed by atoms with van der Waals surface area (Å²) >= 11 is 0. The fourth-order valence-electron chi connectivity index (χ4n) is 1.18. The van der Waals surface area contributed by atoms with Gasteiger partial charge >= 0.3 is 0 Å². The van der Waals surface area contributed by atoms with Crippen molar-refractivity contribution in [3.05, 3.63) is 53.5 Å². The Balaban J connectivity index is 3.22. The number of hydrogen-bond acceptors (Lipinski definition) is 3. The molecule has 0 bridgehead atoms. The maximum atomic E-state index is 10.6. The van der Waals surface area contributed by atoms with E-state index >= 15 is 0 Å². The van der Waals surface area contributed by atoms with E-state index in [-0.39, 0.29) is 11.6 Å². The van der Waals surface area contributed by atoms with Crippen LogP contribution in [0.1, 0.15) is 11.5 Å². The maximum absolute atomic E-state index is 10.6. The van der Waals surface area contributed by atoms with Crippen LogP contribution in [0.4, 0.5) is 5.69 Å². The Morgan fingerprint density at radius 2 is 2.20 bits per heavy atom. The molecule has 1 aromatic rings. The molecule has 1 atom stereocenters. The maximum Gasteiger partial charge on any atom is 0.273 e. The van der Waals surface area contributed by atoms with Crippen LogP contribution in [-0.2, 0) is 0 Å². The average molecular weight is 206 g/mol. The van der Waals surface area contributed by atoms with E-state index in [4.69, 9.17) is 4.74 Å². The molecule has 4 heteroatoms. The monoisotopic (exact) mass is 206 g/mol. The number of nitro groups is 1. The van der Waals surface area contributed by atoms with Crippen LogP contribution in [0.3, 0.4) is 0 Å². The summed E-state index contributed by atoms with van der Waals surface area (Å²) in [6.07, 6.45) is 1.62. The van der Waals surface area contributed by atoms with Gasteiger partial charge in [-0.1, -0.05) is 6.08 Å². The standard InChI is InChI=1S/C11H12NO3/c1-4-8(2)9-5-10(12(13)14)7-11(6-9)15-3/h4-8H,1-2H2,3H3. The third-order valence-corrected chi connectivity index (χ3v) is 2.07. The number of nitrogens with zero attached hydrogens (tertiary/aromatic N) is 1. The number of allylic oxidation sites excluding steroid dienone is 1. The Labute approximate surface area is 88.3 Å². The molecule has 0 amide bonds. The molecule has 1 unspecified atom stereocenters. The summed E-state index contributed by atoms with van der Waals surface area (Å²) in [5, 5.41) is 10.6. The van der Waals surface area contributed by atoms with E-state index in [1.54, 1.807) is 12.1 Å². The molecule has 0 aliphatic carbocycles. The van der Waals surface area contributed by atoms with Gasteiger partial charge in [0, 0.05) is 12.0 Å². The zero-order valence-corrected chi connectivity index (χ0v) is 8.47. The van der Waals surface area contributed by atoms with Gasteiger partial charge in [0.1, 0.15) is 5.75 Å². The van der Waals surface area contributed by atoms with Crippen molar-refractivity contribution >= 4 is 5.69 Å². The molecule has 0 saturated carbocycles. The van der Waals surface area contributed by atoms with Crippen molar-refractivity contribution in [2.45, 2.75) is 5.92 Å². The number of nitro benzene ring substituents is 1. The summed E-state index contributed by atoms with van der Waals surface area (Å²) in [5.74, 6) is 0.272. The molecular formula is C11H12NO3. The van der Waals surface area contributed by atoms with Crippen molar-refractivity contribution in [2.24, 2.45) is 0 Å². The Morgan fingerprint density at radius 3 is 2.67 bits per heavy atom. The van der Waals surface area contributed by atoms with E-state index in [9.17, 15) is 10.1 Å². The van der Waals surface area contributed by atoms with Gasteiger partial charge < -0.3 is 4.74 Å². The van der Waals surface area contributed by atoms with Crippen LogP contribution in [0.2, 0.25) is 0 Å². The summed E-state index contributed by atoms with van der Waals surface area (Å²) in [6, 6.07) is 4.56. The van der Waals surface area contributed by atoms with E-state index in [1.807, 2.05) is 0 Å². The molecule has 0 fully saturated rings. The first kappa shape index (κ1) is 11.2. The smallest absolute Gasteiger partial charge is 0.273 e. The molecule has 79 valence electrons. The third-order valence-electron chi connectivity index (χ3n) is 2.07. The Hall–Kier alpha value is -1.84. The first-order valence-corrected chi connectivity index (χ1v) is 4.37. The van der Waals surface area contributed by atoms with Gasteiger partial charge in [-0.05, 0) is 18.6 Å². The lowest BCUT2D eigenvalue weighted by Gasteiger charge is -2.08. The molecule has 15 heavy (non-hydrogen) atoms. The summed E-state index contributed by atoms with van der Waals surface area (Å²) < 4.78 is 4.97. The van der Waals surface area contributed by atoms with E-state index in [2.05, 4.69) is 13.5 Å². The highest BCUT2D eigenvalue weighted by Gasteiger charge is 2.12. The van der Waals surface area contributed by atoms with Gasteiger partial charge in [0.2, 0.25) is 0 Å². The predicted molar refractivity (Wildman–Crippen MR) is 57.9 cm³/mol. The highest BCUT2D eigenvalue weighted by molar-refractivity contribution is 5.45. The molecule has 1 aromatic carbocycles. The van der Waals surface area contributed by atoms with Gasteiger partial charge in [0.15, 0.2) is 0 Å². The zero-order valence-electron chi connectivity index (χ0n) is 8.47. The second kappa shape index (κ2) is 4.59. The van der Waals surface area contributed by atoms with Crippen molar-refractivity contribution in [1.82, 2.24) is 0 Å². The molecule has 0 aliphatic rings. The lowest BCUT2D eigenvalue weighted by molar-refractivity contribution is -0.385. The zero-order chi connectivity index (χ0) is 11.4. The van der Waals surface area contributed by atoms with Gasteiger partial charge in [-0.2, -0.15) is 0 Å². The second-order valence-electron chi connectivity index (χ2n) is 3.06. The number of methoxy groups -OCH3 is 1. The third kappa shape index (κ3) is 2.56. The van der Waals surface area contributed by atoms with Crippen LogP contribution < -0.4 is 4.74 Å². The molecule has 0 saturated heterocycles. The van der Waals surface area contributed by atoms with Gasteiger partial charge in [-0.15, -0.1) is 6.58 Å². The Morgan fingerprint density at radius 1 is 1.53 bits per heavy atom. The number of benzene rings is 1. The van der Waals surface area contributed by atoms with Gasteiger partial charge in [-0.25, -0.2) is 0 Å². The van der Waals surface area contributed by atoms with Gasteiger partial charge in [-0.3, -0.25) is 10.1 Å². The molecule has 0 N–H and O–H groups in total. The highest BCUT2D eigenvalue weighted by Crippen LogP contribution is 2.27. The molecule has 0 spiro atoms. The first-order chi connectivity index (χ1) is 7.08. The summed E-state index contributed by atoms with van der Waals surface area (Å²) in [4.78, 5) is 10.2. The summed E-state index contributed by atoms with van der Waals surface area (Å²) in [5.41, 5.74) is 0.718. The quantitative estimate of drug-likeness (QED) is 0.432. The predicted octanol–water partition coefficient (Wildman–Crippen LogP) is 2.71. The lowest BCUT2D eigenvalue weighted by Crippen LogP contribution is -1.95. The molecule has 0 aliphatic heterocycles. The Bertz CT molecular complexity index is 387. The van der Waals surface area contributed by atoms with Crippen LogP contribution in [0.25, 0.3) is 0 Å². The minimum atomic E-state index is -0.457. The van der Waals surface area contributed by atoms with Crippen molar-refractivity contribution < 1.29 is 9.66 Å². The number of non-ortho nitro benzene ring substituents is 1. The van der Waals surface area contributed by atoms with Crippen molar-refractivity contribution in [2.75, 3.05) is 7.11 Å². The van der Waals surface area contributed by atoms with E-state index in [1.165, 1.54) is 19.2 Å². The molecule has 4 nitrogen and oxygen atoms in total. The summed E-state index contributed by atoms with van der Waals surface area (Å²) in [7, 11) is 1.47. The Kier molecular flexibility index (Phi) is 3.44. The average Bonchev–Trinajstić information content (AvgIpc) is 2.27. The fraction of sp³-hybridized carbons (Fsp3) is 0.182. The highest BCUT2D eigenvalue weighted by atomic mass is 16.6. The number of hydrogen-bond donors (Lipinski definition) is 0. The van der Waals surface area contributed by atoms with Crippen molar-refractivity contribution in [3.8, 4) is 5.75 Å². The van der Waals surface area contributed by atoms with Crippen molar-refractivity contribution in [3.63, 3.8) is 0 Å². The van der Waals surface area contributed by atoms with Crippen LogP contribution in [0.5, 0.6) is 5.75 Å².